The highest BCUT2D eigenvalue weighted by atomic mass is 35.5. The van der Waals surface area contributed by atoms with Crippen LogP contribution >= 0.6 is 34.7 Å². The molecule has 0 unspecified atom stereocenters. The van der Waals surface area contributed by atoms with Crippen LogP contribution in [0.4, 0.5) is 0 Å². The van der Waals surface area contributed by atoms with E-state index in [4.69, 9.17) is 11.6 Å². The summed E-state index contributed by atoms with van der Waals surface area (Å²) in [5.41, 5.74) is 0.612. The highest BCUT2D eigenvalue weighted by Crippen LogP contribution is 2.31. The summed E-state index contributed by atoms with van der Waals surface area (Å²) in [5.74, 6) is 0. The Bertz CT molecular complexity index is 1250. The zero-order valence-corrected chi connectivity index (χ0v) is 16.7. The fraction of sp³-hybridized carbons (Fsp3) is 0.188. The average molecular weight is 421 g/mol. The molecule has 3 aromatic heterocycles. The second-order valence-electron chi connectivity index (χ2n) is 5.79. The number of H-pyrrole nitrogens is 1. The lowest BCUT2D eigenvalue weighted by Crippen LogP contribution is -2.29. The van der Waals surface area contributed by atoms with Gasteiger partial charge in [-0.05, 0) is 36.4 Å². The number of imidazole rings is 1. The maximum atomic E-state index is 12.5. The van der Waals surface area contributed by atoms with Gasteiger partial charge in [0.2, 0.25) is 0 Å². The second kappa shape index (κ2) is 6.95. The molecule has 0 atom stereocenters. The topological polar surface area (TPSA) is 98.5 Å². The predicted octanol–water partition coefficient (Wildman–Crippen LogP) is 2.44. The minimum Gasteiger partial charge on any atom is -0.308 e. The first-order valence-corrected chi connectivity index (χ1v) is 9.85. The number of fused-ring (bicyclic) bond motifs is 1. The van der Waals surface area contributed by atoms with E-state index >= 15 is 0 Å². The molecular weight excluding hydrogens is 408 g/mol. The van der Waals surface area contributed by atoms with Gasteiger partial charge in [-0.2, -0.15) is 0 Å². The molecule has 11 heteroatoms. The van der Waals surface area contributed by atoms with Crippen molar-refractivity contribution in [3.8, 4) is 0 Å². The number of nitrogens with zero attached hydrogens (tertiary/aromatic N) is 5. The molecule has 0 bridgehead atoms. The van der Waals surface area contributed by atoms with E-state index in [1.165, 1.54) is 27.7 Å². The number of benzene rings is 1. The Labute approximate surface area is 165 Å². The second-order valence-corrected chi connectivity index (χ2v) is 8.62. The maximum absolute atomic E-state index is 12.5. The zero-order valence-electron chi connectivity index (χ0n) is 14.3. The molecule has 0 aliphatic heterocycles. The van der Waals surface area contributed by atoms with E-state index in [2.05, 4.69) is 20.2 Å². The minimum atomic E-state index is -0.507. The molecule has 0 aliphatic rings. The first-order valence-electron chi connectivity index (χ1n) is 7.84. The number of halogens is 1. The monoisotopic (exact) mass is 420 g/mol. The van der Waals surface area contributed by atoms with Gasteiger partial charge in [0.15, 0.2) is 20.7 Å². The fourth-order valence-corrected chi connectivity index (χ4v) is 4.54. The number of aromatic amines is 1. The van der Waals surface area contributed by atoms with E-state index in [-0.39, 0.29) is 0 Å². The Balaban J connectivity index is 1.90. The predicted molar refractivity (Wildman–Crippen MR) is 105 cm³/mol. The summed E-state index contributed by atoms with van der Waals surface area (Å²) in [6.45, 7) is 2.27. The summed E-state index contributed by atoms with van der Waals surface area (Å²) in [4.78, 5) is 31.3. The molecule has 0 aliphatic carbocycles. The van der Waals surface area contributed by atoms with E-state index in [9.17, 15) is 9.59 Å². The van der Waals surface area contributed by atoms with Gasteiger partial charge in [-0.25, -0.2) is 9.78 Å². The molecule has 0 amide bonds. The fourth-order valence-electron chi connectivity index (χ4n) is 2.61. The van der Waals surface area contributed by atoms with Crippen molar-refractivity contribution in [3.63, 3.8) is 0 Å². The van der Waals surface area contributed by atoms with Gasteiger partial charge in [0.05, 0.1) is 6.54 Å². The summed E-state index contributed by atoms with van der Waals surface area (Å²) in [5, 5.41) is 10.1. The molecule has 0 radical (unpaired) electrons. The van der Waals surface area contributed by atoms with Crippen LogP contribution in [0.1, 0.15) is 10.6 Å². The van der Waals surface area contributed by atoms with Crippen LogP contribution in [-0.4, -0.2) is 29.3 Å². The Morgan fingerprint density at radius 2 is 1.96 bits per heavy atom. The van der Waals surface area contributed by atoms with Crippen LogP contribution in [0.3, 0.4) is 0 Å². The first-order chi connectivity index (χ1) is 12.9. The Hall–Kier alpha value is -2.43. The standard InChI is InChI=1S/C16H13ClN6O2S2/c1-8-20-21-16(26-8)27-15-18-12-11(13(24)19-14(25)22(12)2)23(15)7-9-3-5-10(17)6-4-9/h3-6H,7H2,1-2H3,(H,19,24,25). The van der Waals surface area contributed by atoms with Crippen LogP contribution < -0.4 is 11.2 Å². The molecule has 0 spiro atoms. The summed E-state index contributed by atoms with van der Waals surface area (Å²) in [7, 11) is 1.57. The van der Waals surface area contributed by atoms with Gasteiger partial charge in [0.25, 0.3) is 5.56 Å². The van der Waals surface area contributed by atoms with E-state index in [1.807, 2.05) is 19.1 Å². The third-order valence-corrected chi connectivity index (χ3v) is 6.05. The van der Waals surface area contributed by atoms with Crippen molar-refractivity contribution < 1.29 is 0 Å². The van der Waals surface area contributed by atoms with Crippen molar-refractivity contribution in [2.24, 2.45) is 7.05 Å². The molecule has 1 aromatic carbocycles. The van der Waals surface area contributed by atoms with Crippen LogP contribution in [0, 0.1) is 6.92 Å². The first kappa shape index (κ1) is 18.0. The van der Waals surface area contributed by atoms with Crippen LogP contribution in [0.5, 0.6) is 0 Å². The third kappa shape index (κ3) is 3.43. The Morgan fingerprint density at radius 3 is 2.63 bits per heavy atom. The summed E-state index contributed by atoms with van der Waals surface area (Å²) >= 11 is 8.71. The van der Waals surface area contributed by atoms with Crippen LogP contribution in [0.25, 0.3) is 11.2 Å². The summed E-state index contributed by atoms with van der Waals surface area (Å²) in [6.07, 6.45) is 0. The molecule has 4 aromatic rings. The number of hydrogen-bond acceptors (Lipinski definition) is 7. The Kier molecular flexibility index (Phi) is 4.62. The normalized spacial score (nSPS) is 11.4. The van der Waals surface area contributed by atoms with E-state index in [1.54, 1.807) is 23.7 Å². The van der Waals surface area contributed by atoms with E-state index in [0.29, 0.717) is 32.2 Å². The van der Waals surface area contributed by atoms with E-state index in [0.717, 1.165) is 10.6 Å². The van der Waals surface area contributed by atoms with Gasteiger partial charge >= 0.3 is 5.69 Å². The lowest BCUT2D eigenvalue weighted by Gasteiger charge is -2.08. The van der Waals surface area contributed by atoms with Crippen molar-refractivity contribution in [1.82, 2.24) is 29.3 Å². The number of rotatable bonds is 4. The molecule has 0 saturated carbocycles. The maximum Gasteiger partial charge on any atom is 0.329 e. The number of hydrogen-bond donors (Lipinski definition) is 1. The van der Waals surface area contributed by atoms with Crippen molar-refractivity contribution in [2.75, 3.05) is 0 Å². The highest BCUT2D eigenvalue weighted by Gasteiger charge is 2.19. The van der Waals surface area contributed by atoms with Gasteiger partial charge in [-0.1, -0.05) is 35.1 Å². The molecule has 0 saturated heterocycles. The van der Waals surface area contributed by atoms with Gasteiger partial charge in [0, 0.05) is 12.1 Å². The van der Waals surface area contributed by atoms with Crippen molar-refractivity contribution in [1.29, 1.82) is 0 Å². The van der Waals surface area contributed by atoms with Crippen molar-refractivity contribution in [2.45, 2.75) is 23.0 Å². The van der Waals surface area contributed by atoms with Crippen LogP contribution in [0.15, 0.2) is 43.4 Å². The van der Waals surface area contributed by atoms with Crippen molar-refractivity contribution in [3.05, 3.63) is 60.7 Å². The summed E-state index contributed by atoms with van der Waals surface area (Å²) in [6, 6.07) is 7.34. The molecule has 3 heterocycles. The molecule has 4 rings (SSSR count). The van der Waals surface area contributed by atoms with Gasteiger partial charge in [-0.3, -0.25) is 14.3 Å². The molecule has 8 nitrogen and oxygen atoms in total. The summed E-state index contributed by atoms with van der Waals surface area (Å²) < 4.78 is 3.81. The van der Waals surface area contributed by atoms with E-state index < -0.39 is 11.2 Å². The Morgan fingerprint density at radius 1 is 1.22 bits per heavy atom. The molecular formula is C16H13ClN6O2S2. The number of aryl methyl sites for hydroxylation is 2. The zero-order chi connectivity index (χ0) is 19.1. The smallest absolute Gasteiger partial charge is 0.308 e. The van der Waals surface area contributed by atoms with Gasteiger partial charge in [0.1, 0.15) is 5.01 Å². The quantitative estimate of drug-likeness (QED) is 0.544. The van der Waals surface area contributed by atoms with Crippen LogP contribution in [-0.2, 0) is 13.6 Å². The lowest BCUT2D eigenvalue weighted by atomic mass is 10.2. The van der Waals surface area contributed by atoms with Gasteiger partial charge < -0.3 is 4.57 Å². The molecule has 0 fully saturated rings. The minimum absolute atomic E-state index is 0.321. The van der Waals surface area contributed by atoms with Gasteiger partial charge in [-0.15, -0.1) is 10.2 Å². The molecule has 27 heavy (non-hydrogen) atoms. The van der Waals surface area contributed by atoms with Crippen molar-refractivity contribution >= 4 is 45.9 Å². The highest BCUT2D eigenvalue weighted by molar-refractivity contribution is 8.00. The van der Waals surface area contributed by atoms with Crippen LogP contribution in [0.2, 0.25) is 5.02 Å². The largest absolute Gasteiger partial charge is 0.329 e. The number of aromatic nitrogens is 6. The molecule has 1 N–H and O–H groups in total. The number of nitrogens with one attached hydrogen (secondary N) is 1. The average Bonchev–Trinajstić information content (AvgIpc) is 3.19. The third-order valence-electron chi connectivity index (χ3n) is 3.91. The SMILES string of the molecule is Cc1nnc(Sc2nc3c(c(=O)[nH]c(=O)n3C)n2Cc2ccc(Cl)cc2)s1. The molecule has 138 valence electrons. The lowest BCUT2D eigenvalue weighted by molar-refractivity contribution is 0.727.